The molecule has 0 radical (unpaired) electrons. The van der Waals surface area contributed by atoms with Crippen LogP contribution in [0.5, 0.6) is 5.75 Å². The quantitative estimate of drug-likeness (QED) is 0.123. The summed E-state index contributed by atoms with van der Waals surface area (Å²) >= 11 is 0. The van der Waals surface area contributed by atoms with Gasteiger partial charge >= 0.3 is 13.8 Å². The predicted octanol–water partition coefficient (Wildman–Crippen LogP) is 4.48. The number of para-hydroxylation sites is 1. The number of carbonyl (C=O) groups excluding carboxylic acids is 1. The van der Waals surface area contributed by atoms with Crippen LogP contribution in [0.1, 0.15) is 16.7 Å². The molecule has 0 aromatic heterocycles. The van der Waals surface area contributed by atoms with E-state index in [0.29, 0.717) is 5.56 Å². The number of phosphoric ester groups is 1. The highest BCUT2D eigenvalue weighted by atomic mass is 31.2. The van der Waals surface area contributed by atoms with Gasteiger partial charge in [-0.2, -0.15) is 0 Å². The van der Waals surface area contributed by atoms with E-state index in [4.69, 9.17) is 29.5 Å². The molecule has 0 heterocycles. The van der Waals surface area contributed by atoms with Crippen LogP contribution in [0.15, 0.2) is 84.9 Å². The average molecular weight is 497 g/mol. The molecular weight excluding hydrogens is 469 g/mol. The Labute approximate surface area is 204 Å². The Kier molecular flexibility index (Phi) is 9.57. The fourth-order valence-corrected chi connectivity index (χ4v) is 4.01. The number of esters is 1. The van der Waals surface area contributed by atoms with Crippen LogP contribution in [-0.4, -0.2) is 30.4 Å². The van der Waals surface area contributed by atoms with E-state index < -0.39 is 13.8 Å². The van der Waals surface area contributed by atoms with Crippen LogP contribution in [0, 0.1) is 5.41 Å². The zero-order chi connectivity index (χ0) is 25.1. The van der Waals surface area contributed by atoms with Crippen molar-refractivity contribution in [2.24, 2.45) is 5.73 Å². The molecule has 0 aliphatic rings. The average Bonchev–Trinajstić information content (AvgIpc) is 2.87. The standard InChI is InChI=1S/C25H28N3O6P/c1-28(25(26)27)16-24(29)34-23-15-9-8-14-22(23)19-33-35(30,31-17-20-10-4-2-5-11-20)32-18-21-12-6-3-7-13-21/h2-15H,16-19H2,1H3,(H3,26,27). The van der Waals surface area contributed by atoms with Gasteiger partial charge in [0.1, 0.15) is 12.3 Å². The van der Waals surface area contributed by atoms with Crippen LogP contribution < -0.4 is 10.5 Å². The molecule has 3 rings (SSSR count). The summed E-state index contributed by atoms with van der Waals surface area (Å²) in [6.45, 7) is -0.335. The minimum absolute atomic E-state index is 0.0287. The second kappa shape index (κ2) is 12.8. The van der Waals surface area contributed by atoms with E-state index >= 15 is 0 Å². The Morgan fingerprint density at radius 3 is 1.86 bits per heavy atom. The molecule has 0 aliphatic carbocycles. The summed E-state index contributed by atoms with van der Waals surface area (Å²) < 4.78 is 35.8. The molecule has 0 bridgehead atoms. The summed E-state index contributed by atoms with van der Waals surface area (Å²) in [6.07, 6.45) is 0. The van der Waals surface area contributed by atoms with Crippen LogP contribution >= 0.6 is 7.82 Å². The van der Waals surface area contributed by atoms with Gasteiger partial charge in [0.25, 0.3) is 0 Å². The molecule has 0 saturated heterocycles. The third kappa shape index (κ3) is 8.66. The molecule has 0 amide bonds. The largest absolute Gasteiger partial charge is 0.475 e. The Bertz CT molecular complexity index is 1110. The number of nitrogens with one attached hydrogen (secondary N) is 1. The SMILES string of the molecule is CN(CC(=O)Oc1ccccc1COP(=O)(OCc1ccccc1)OCc1ccccc1)C(=N)N. The first-order valence-electron chi connectivity index (χ1n) is 10.8. The van der Waals surface area contributed by atoms with Crippen molar-refractivity contribution in [1.29, 1.82) is 5.41 Å². The van der Waals surface area contributed by atoms with Crippen molar-refractivity contribution in [2.45, 2.75) is 19.8 Å². The van der Waals surface area contributed by atoms with Crippen molar-refractivity contribution >= 4 is 19.8 Å². The molecule has 9 nitrogen and oxygen atoms in total. The van der Waals surface area contributed by atoms with Gasteiger partial charge in [0.2, 0.25) is 0 Å². The first kappa shape index (κ1) is 26.1. The van der Waals surface area contributed by atoms with Crippen LogP contribution in [0.4, 0.5) is 0 Å². The highest BCUT2D eigenvalue weighted by Crippen LogP contribution is 2.52. The molecule has 10 heteroatoms. The lowest BCUT2D eigenvalue weighted by Crippen LogP contribution is -2.38. The van der Waals surface area contributed by atoms with E-state index in [1.165, 1.54) is 11.9 Å². The van der Waals surface area contributed by atoms with E-state index in [1.807, 2.05) is 60.7 Å². The van der Waals surface area contributed by atoms with Gasteiger partial charge in [-0.15, -0.1) is 0 Å². The molecule has 0 aliphatic heterocycles. The van der Waals surface area contributed by atoms with Crippen LogP contribution in [-0.2, 0) is 42.8 Å². The van der Waals surface area contributed by atoms with Crippen molar-refractivity contribution in [3.8, 4) is 5.75 Å². The van der Waals surface area contributed by atoms with Gasteiger partial charge < -0.3 is 15.4 Å². The normalized spacial score (nSPS) is 11.1. The number of ether oxygens (including phenoxy) is 1. The Balaban J connectivity index is 1.69. The molecule has 3 N–H and O–H groups in total. The van der Waals surface area contributed by atoms with Crippen LogP contribution in [0.2, 0.25) is 0 Å². The second-order valence-corrected chi connectivity index (χ2v) is 9.23. The maximum atomic E-state index is 13.5. The van der Waals surface area contributed by atoms with Crippen molar-refractivity contribution in [3.05, 3.63) is 102 Å². The lowest BCUT2D eigenvalue weighted by molar-refractivity contribution is -0.134. The van der Waals surface area contributed by atoms with E-state index in [2.05, 4.69) is 0 Å². The minimum atomic E-state index is -4.00. The first-order chi connectivity index (χ1) is 16.8. The minimum Gasteiger partial charge on any atom is -0.425 e. The fraction of sp³-hybridized carbons (Fsp3) is 0.200. The van der Waals surface area contributed by atoms with E-state index in [9.17, 15) is 9.36 Å². The summed E-state index contributed by atoms with van der Waals surface area (Å²) in [6, 6.07) is 25.2. The van der Waals surface area contributed by atoms with Crippen LogP contribution in [0.3, 0.4) is 0 Å². The smallest absolute Gasteiger partial charge is 0.425 e. The molecule has 0 fully saturated rings. The Morgan fingerprint density at radius 2 is 1.31 bits per heavy atom. The van der Waals surface area contributed by atoms with Crippen LogP contribution in [0.25, 0.3) is 0 Å². The van der Waals surface area contributed by atoms with Gasteiger partial charge in [0, 0.05) is 12.6 Å². The van der Waals surface area contributed by atoms with Crippen molar-refractivity contribution in [2.75, 3.05) is 13.6 Å². The topological polar surface area (TPSA) is 124 Å². The van der Waals surface area contributed by atoms with Gasteiger partial charge in [-0.05, 0) is 17.2 Å². The van der Waals surface area contributed by atoms with Gasteiger partial charge in [0.05, 0.1) is 19.8 Å². The number of guanidine groups is 1. The molecule has 184 valence electrons. The zero-order valence-corrected chi connectivity index (χ0v) is 20.2. The Hall–Kier alpha value is -3.49. The molecule has 0 atom stereocenters. The van der Waals surface area contributed by atoms with Crippen molar-refractivity contribution in [3.63, 3.8) is 0 Å². The summed E-state index contributed by atoms with van der Waals surface area (Å²) in [5.74, 6) is -0.642. The highest BCUT2D eigenvalue weighted by molar-refractivity contribution is 7.48. The molecule has 3 aromatic rings. The van der Waals surface area contributed by atoms with Crippen molar-refractivity contribution in [1.82, 2.24) is 4.90 Å². The van der Waals surface area contributed by atoms with Gasteiger partial charge in [-0.3, -0.25) is 19.0 Å². The lowest BCUT2D eigenvalue weighted by atomic mass is 10.2. The van der Waals surface area contributed by atoms with Crippen molar-refractivity contribution < 1.29 is 27.7 Å². The van der Waals surface area contributed by atoms with E-state index in [-0.39, 0.29) is 38.1 Å². The number of hydrogen-bond donors (Lipinski definition) is 2. The third-order valence-corrected chi connectivity index (χ3v) is 6.15. The summed E-state index contributed by atoms with van der Waals surface area (Å²) in [7, 11) is -2.50. The maximum absolute atomic E-state index is 13.5. The molecule has 0 saturated carbocycles. The monoisotopic (exact) mass is 497 g/mol. The zero-order valence-electron chi connectivity index (χ0n) is 19.3. The number of phosphoric acid groups is 1. The first-order valence-corrected chi connectivity index (χ1v) is 12.3. The van der Waals surface area contributed by atoms with E-state index in [1.54, 1.807) is 24.3 Å². The number of carbonyl (C=O) groups is 1. The number of nitrogens with two attached hydrogens (primary N) is 1. The van der Waals surface area contributed by atoms with Gasteiger partial charge in [-0.1, -0.05) is 78.9 Å². The molecule has 0 unspecified atom stereocenters. The third-order valence-electron chi connectivity index (χ3n) is 4.82. The number of hydrogen-bond acceptors (Lipinski definition) is 7. The fourth-order valence-electron chi connectivity index (χ4n) is 2.87. The predicted molar refractivity (Wildman–Crippen MR) is 131 cm³/mol. The molecule has 0 spiro atoms. The number of nitrogens with zero attached hydrogens (tertiary/aromatic N) is 1. The molecular formula is C25H28N3O6P. The number of rotatable bonds is 12. The highest BCUT2D eigenvalue weighted by Gasteiger charge is 2.28. The summed E-state index contributed by atoms with van der Waals surface area (Å²) in [5.41, 5.74) is 7.45. The van der Waals surface area contributed by atoms with E-state index in [0.717, 1.165) is 11.1 Å². The lowest BCUT2D eigenvalue weighted by Gasteiger charge is -2.19. The summed E-state index contributed by atoms with van der Waals surface area (Å²) in [4.78, 5) is 13.5. The molecule has 3 aromatic carbocycles. The second-order valence-electron chi connectivity index (χ2n) is 7.56. The Morgan fingerprint density at radius 1 is 0.829 bits per heavy atom. The number of benzene rings is 3. The number of likely N-dealkylation sites (N-methyl/N-ethyl adjacent to an activating group) is 1. The maximum Gasteiger partial charge on any atom is 0.475 e. The summed E-state index contributed by atoms with van der Waals surface area (Å²) in [5, 5.41) is 7.37. The van der Waals surface area contributed by atoms with Gasteiger partial charge in [0.15, 0.2) is 5.96 Å². The van der Waals surface area contributed by atoms with Gasteiger partial charge in [-0.25, -0.2) is 9.36 Å². The molecule has 35 heavy (non-hydrogen) atoms.